The van der Waals surface area contributed by atoms with E-state index < -0.39 is 0 Å². The molecule has 2 fully saturated rings. The van der Waals surface area contributed by atoms with Gasteiger partial charge in [-0.15, -0.1) is 0 Å². The topological polar surface area (TPSA) is 34.0 Å². The molecular weight excluding hydrogens is 332 g/mol. The molecule has 0 aromatic heterocycles. The van der Waals surface area contributed by atoms with Gasteiger partial charge in [0, 0.05) is 23.0 Å². The van der Waals surface area contributed by atoms with Crippen LogP contribution in [-0.2, 0) is 4.74 Å². The van der Waals surface area contributed by atoms with E-state index in [0.29, 0.717) is 17.9 Å². The van der Waals surface area contributed by atoms with E-state index in [-0.39, 0.29) is 0 Å². The number of hydrogen-bond acceptors (Lipinski definition) is 3. The molecule has 0 bridgehead atoms. The number of allylic oxidation sites excluding steroid dienone is 3. The summed E-state index contributed by atoms with van der Waals surface area (Å²) in [7, 11) is 0. The fourth-order valence-electron chi connectivity index (χ4n) is 1.78. The monoisotopic (exact) mass is 374 g/mol. The van der Waals surface area contributed by atoms with Gasteiger partial charge in [-0.3, -0.25) is 4.99 Å². The Hall–Kier alpha value is -1.90. The second kappa shape index (κ2) is 15.2. The highest BCUT2D eigenvalue weighted by molar-refractivity contribution is 6.02. The van der Waals surface area contributed by atoms with Gasteiger partial charge in [0.05, 0.1) is 0 Å². The Morgan fingerprint density at radius 1 is 0.741 bits per heavy atom. The van der Waals surface area contributed by atoms with Crippen LogP contribution in [0.1, 0.15) is 81.1 Å². The summed E-state index contributed by atoms with van der Waals surface area (Å²) in [5, 5.41) is 0. The van der Waals surface area contributed by atoms with Gasteiger partial charge in [0.2, 0.25) is 5.88 Å². The number of hydrogen-bond donors (Lipinski definition) is 0. The largest absolute Gasteiger partial charge is 0.475 e. The maximum atomic E-state index is 5.36. The lowest BCUT2D eigenvalue weighted by atomic mass is 10.1. The van der Waals surface area contributed by atoms with Gasteiger partial charge in [-0.1, -0.05) is 47.4 Å². The molecule has 0 saturated heterocycles. The van der Waals surface area contributed by atoms with Crippen molar-refractivity contribution in [1.82, 2.24) is 0 Å². The molecule has 27 heavy (non-hydrogen) atoms. The van der Waals surface area contributed by atoms with Crippen molar-refractivity contribution in [2.24, 2.45) is 15.9 Å². The van der Waals surface area contributed by atoms with Crippen molar-refractivity contribution in [3.05, 3.63) is 49.0 Å². The lowest BCUT2D eigenvalue weighted by Crippen LogP contribution is -2.01. The molecule has 0 aromatic carbocycles. The van der Waals surface area contributed by atoms with Gasteiger partial charge in [0.15, 0.2) is 0 Å². The predicted molar refractivity (Wildman–Crippen MR) is 124 cm³/mol. The van der Waals surface area contributed by atoms with Crippen LogP contribution in [-0.4, -0.2) is 17.5 Å². The lowest BCUT2D eigenvalue weighted by molar-refractivity contribution is 0.196. The Balaban J connectivity index is 0. The summed E-state index contributed by atoms with van der Waals surface area (Å²) in [5.41, 5.74) is 4.99. The molecule has 2 rings (SSSR count). The van der Waals surface area contributed by atoms with Crippen LogP contribution in [0.25, 0.3) is 0 Å². The highest BCUT2D eigenvalue weighted by Gasteiger charge is 2.27. The first-order valence-electron chi connectivity index (χ1n) is 10.2. The quantitative estimate of drug-likeness (QED) is 0.332. The smallest absolute Gasteiger partial charge is 0.206 e. The van der Waals surface area contributed by atoms with Crippen LogP contribution in [0.15, 0.2) is 59.0 Å². The zero-order chi connectivity index (χ0) is 21.6. The van der Waals surface area contributed by atoms with Gasteiger partial charge in [-0.25, -0.2) is 4.99 Å². The first-order chi connectivity index (χ1) is 12.7. The first-order valence-corrected chi connectivity index (χ1v) is 10.2. The van der Waals surface area contributed by atoms with E-state index in [2.05, 4.69) is 36.3 Å². The van der Waals surface area contributed by atoms with Gasteiger partial charge in [-0.05, 0) is 71.1 Å². The van der Waals surface area contributed by atoms with Crippen LogP contribution >= 0.6 is 0 Å². The predicted octanol–water partition coefficient (Wildman–Crippen LogP) is 7.67. The van der Waals surface area contributed by atoms with E-state index in [4.69, 9.17) is 4.74 Å². The Morgan fingerprint density at radius 2 is 1.22 bits per heavy atom. The SMILES string of the molecule is C=C(/N=C(/C)C(=C)C)OC1CC1.C=C(C)N=C(C(=C)C)C1CC1.CC.CC. The van der Waals surface area contributed by atoms with Crippen LogP contribution in [0.3, 0.4) is 0 Å². The summed E-state index contributed by atoms with van der Waals surface area (Å²) in [4.78, 5) is 8.52. The summed E-state index contributed by atoms with van der Waals surface area (Å²) in [5.74, 6) is 1.20. The molecule has 0 atom stereocenters. The van der Waals surface area contributed by atoms with Crippen LogP contribution in [0.5, 0.6) is 0 Å². The molecule has 0 aliphatic heterocycles. The fraction of sp³-hybridized carbons (Fsp3) is 0.583. The Bertz CT molecular complexity index is 559. The Morgan fingerprint density at radius 3 is 1.52 bits per heavy atom. The van der Waals surface area contributed by atoms with Gasteiger partial charge < -0.3 is 4.74 Å². The number of nitrogens with zero attached hydrogens (tertiary/aromatic N) is 2. The Labute approximate surface area is 168 Å². The van der Waals surface area contributed by atoms with Crippen molar-refractivity contribution >= 4 is 11.4 Å². The summed E-state index contributed by atoms with van der Waals surface area (Å²) in [6.07, 6.45) is 5.21. The summed E-state index contributed by atoms with van der Waals surface area (Å²) in [6.45, 7) is 30.9. The van der Waals surface area contributed by atoms with Gasteiger partial charge in [0.1, 0.15) is 6.10 Å². The van der Waals surface area contributed by atoms with Crippen molar-refractivity contribution < 1.29 is 4.74 Å². The minimum Gasteiger partial charge on any atom is -0.475 e. The number of ether oxygens (including phenoxy) is 1. The van der Waals surface area contributed by atoms with Gasteiger partial charge >= 0.3 is 0 Å². The molecule has 3 nitrogen and oxygen atoms in total. The molecule has 2 aliphatic carbocycles. The zero-order valence-electron chi connectivity index (χ0n) is 19.1. The average molecular weight is 375 g/mol. The van der Waals surface area contributed by atoms with Crippen molar-refractivity contribution in [3.63, 3.8) is 0 Å². The lowest BCUT2D eigenvalue weighted by Gasteiger charge is -2.03. The molecule has 3 heteroatoms. The van der Waals surface area contributed by atoms with Crippen LogP contribution in [0, 0.1) is 5.92 Å². The minimum atomic E-state index is 0.374. The minimum absolute atomic E-state index is 0.374. The highest BCUT2D eigenvalue weighted by atomic mass is 16.5. The molecular formula is C24H42N2O. The molecule has 0 unspecified atom stereocenters. The molecule has 0 aromatic rings. The second-order valence-electron chi connectivity index (χ2n) is 6.48. The van der Waals surface area contributed by atoms with Crippen molar-refractivity contribution in [3.8, 4) is 0 Å². The van der Waals surface area contributed by atoms with Crippen LogP contribution in [0.4, 0.5) is 0 Å². The van der Waals surface area contributed by atoms with E-state index in [0.717, 1.165) is 41.1 Å². The van der Waals surface area contributed by atoms with E-state index in [1.165, 1.54) is 12.8 Å². The maximum Gasteiger partial charge on any atom is 0.206 e. The summed E-state index contributed by atoms with van der Waals surface area (Å²) >= 11 is 0. The van der Waals surface area contributed by atoms with Crippen molar-refractivity contribution in [2.45, 2.75) is 87.2 Å². The molecule has 154 valence electrons. The molecule has 0 heterocycles. The van der Waals surface area contributed by atoms with E-state index in [9.17, 15) is 0 Å². The molecule has 0 radical (unpaired) electrons. The normalized spacial score (nSPS) is 15.6. The molecule has 2 aliphatic rings. The second-order valence-corrected chi connectivity index (χ2v) is 6.48. The fourth-order valence-corrected chi connectivity index (χ4v) is 1.78. The van der Waals surface area contributed by atoms with Crippen LogP contribution in [0.2, 0.25) is 0 Å². The van der Waals surface area contributed by atoms with Crippen LogP contribution < -0.4 is 0 Å². The van der Waals surface area contributed by atoms with E-state index in [1.807, 2.05) is 55.4 Å². The third kappa shape index (κ3) is 14.9. The van der Waals surface area contributed by atoms with Gasteiger partial charge in [-0.2, -0.15) is 0 Å². The molecule has 0 amide bonds. The number of rotatable bonds is 7. The van der Waals surface area contributed by atoms with Gasteiger partial charge in [0.25, 0.3) is 0 Å². The zero-order valence-corrected chi connectivity index (χ0v) is 19.1. The maximum absolute atomic E-state index is 5.36. The highest BCUT2D eigenvalue weighted by Crippen LogP contribution is 2.33. The van der Waals surface area contributed by atoms with Crippen molar-refractivity contribution in [1.29, 1.82) is 0 Å². The average Bonchev–Trinajstić information content (AvgIpc) is 3.51. The molecule has 2 saturated carbocycles. The first kappa shape index (κ1) is 27.3. The van der Waals surface area contributed by atoms with E-state index in [1.54, 1.807) is 0 Å². The number of aliphatic imine (C=N–C) groups is 2. The van der Waals surface area contributed by atoms with Crippen molar-refractivity contribution in [2.75, 3.05) is 0 Å². The van der Waals surface area contributed by atoms with E-state index >= 15 is 0 Å². The standard InChI is InChI=1S/C10H15NO.C10H15N.2C2H6/c1-7(2)8(3)11-9(4)12-10-5-6-10;1-7(2)10(9-5-6-9)11-8(3)4;2*1-2/h10H,1,4-6H2,2-3H3;9H,1,3,5-6H2,2,4H3;2*1-2H3/b11-8-;;;. The Kier molecular flexibility index (Phi) is 15.4. The molecule has 0 N–H and O–H groups in total. The third-order valence-electron chi connectivity index (χ3n) is 3.45. The third-order valence-corrected chi connectivity index (χ3v) is 3.45. The summed E-state index contributed by atoms with van der Waals surface area (Å²) in [6, 6.07) is 0. The summed E-state index contributed by atoms with van der Waals surface area (Å²) < 4.78 is 5.36. The molecule has 0 spiro atoms.